The molecule has 1 aromatic carbocycles. The van der Waals surface area contributed by atoms with Gasteiger partial charge in [0.1, 0.15) is 0 Å². The van der Waals surface area contributed by atoms with Gasteiger partial charge in [0.25, 0.3) is 5.91 Å². The number of carbonyl (C=O) groups is 1. The van der Waals surface area contributed by atoms with Crippen LogP contribution in [0.15, 0.2) is 42.9 Å². The van der Waals surface area contributed by atoms with E-state index in [1.54, 1.807) is 40.8 Å². The second kappa shape index (κ2) is 10.9. The number of likely N-dealkylation sites (N-methyl/N-ethyl adjacent to an activating group) is 2. The summed E-state index contributed by atoms with van der Waals surface area (Å²) in [6.45, 7) is 4.91. The Morgan fingerprint density at radius 2 is 1.82 bits per heavy atom. The minimum atomic E-state index is -4.57. The molecule has 0 aliphatic carbocycles. The van der Waals surface area contributed by atoms with Gasteiger partial charge >= 0.3 is 6.18 Å². The van der Waals surface area contributed by atoms with E-state index in [0.717, 1.165) is 29.1 Å². The maximum atomic E-state index is 13.7. The molecule has 0 bridgehead atoms. The first-order chi connectivity index (χ1) is 18.3. The fourth-order valence-corrected chi connectivity index (χ4v) is 3.98. The third-order valence-electron chi connectivity index (χ3n) is 6.50. The Hall–Kier alpha value is -4.10. The van der Waals surface area contributed by atoms with Crippen molar-refractivity contribution in [3.8, 4) is 0 Å². The average Bonchev–Trinajstić information content (AvgIpc) is 3.48. The maximum Gasteiger partial charge on any atom is 0.416 e. The van der Waals surface area contributed by atoms with Crippen LogP contribution in [-0.2, 0) is 13.2 Å². The van der Waals surface area contributed by atoms with E-state index in [0.29, 0.717) is 30.2 Å². The number of rotatable bonds is 8. The van der Waals surface area contributed by atoms with E-state index in [1.165, 1.54) is 12.3 Å². The molecular weight excluding hydrogens is 511 g/mol. The summed E-state index contributed by atoms with van der Waals surface area (Å²) in [7, 11) is 7.34. The quantitative estimate of drug-likeness (QED) is 0.398. The van der Waals surface area contributed by atoms with Crippen LogP contribution in [0.1, 0.15) is 32.9 Å². The largest absolute Gasteiger partial charge is 0.416 e. The Labute approximate surface area is 225 Å². The van der Waals surface area contributed by atoms with Crippen LogP contribution in [0.25, 0.3) is 5.70 Å². The number of halogens is 3. The minimum absolute atomic E-state index is 0.0406. The van der Waals surface area contributed by atoms with E-state index < -0.39 is 17.6 Å². The first kappa shape index (κ1) is 27.9. The molecular formula is C26H32F3N9O. The Morgan fingerprint density at radius 1 is 1.08 bits per heavy atom. The van der Waals surface area contributed by atoms with Crippen LogP contribution in [0, 0.1) is 13.8 Å². The molecule has 0 fully saturated rings. The summed E-state index contributed by atoms with van der Waals surface area (Å²) in [5.74, 6) is -0.579. The smallest absolute Gasteiger partial charge is 0.373 e. The van der Waals surface area contributed by atoms with E-state index in [4.69, 9.17) is 0 Å². The summed E-state index contributed by atoms with van der Waals surface area (Å²) < 4.78 is 42.7. The molecule has 1 aliphatic rings. The zero-order valence-electron chi connectivity index (χ0n) is 22.7. The molecule has 13 heteroatoms. The molecule has 4 rings (SSSR count). The van der Waals surface area contributed by atoms with Gasteiger partial charge in [0.15, 0.2) is 0 Å². The molecule has 3 heterocycles. The SMILES string of the molecule is Cc1ncc(C(=O)Nc2cc(N(C)CCN(C)C)cc(C(F)(F)F)c2)cc1N1C=C(c2cnn(C)c2C)NN1. The van der Waals surface area contributed by atoms with E-state index in [9.17, 15) is 18.0 Å². The van der Waals surface area contributed by atoms with Gasteiger partial charge in [-0.15, -0.1) is 5.53 Å². The van der Waals surface area contributed by atoms with Crippen molar-refractivity contribution in [3.63, 3.8) is 0 Å². The topological polar surface area (TPSA) is 93.6 Å². The van der Waals surface area contributed by atoms with Gasteiger partial charge in [0, 0.05) is 62.2 Å². The third-order valence-corrected chi connectivity index (χ3v) is 6.50. The molecule has 3 N–H and O–H groups in total. The van der Waals surface area contributed by atoms with Gasteiger partial charge in [-0.2, -0.15) is 18.3 Å². The second-order valence-corrected chi connectivity index (χ2v) is 9.69. The van der Waals surface area contributed by atoms with Gasteiger partial charge in [-0.05, 0) is 52.2 Å². The predicted octanol–water partition coefficient (Wildman–Crippen LogP) is 3.53. The number of amides is 1. The Kier molecular flexibility index (Phi) is 7.84. The molecule has 1 amide bonds. The number of benzene rings is 1. The predicted molar refractivity (Wildman–Crippen MR) is 145 cm³/mol. The zero-order valence-corrected chi connectivity index (χ0v) is 22.7. The number of nitrogens with one attached hydrogen (secondary N) is 3. The van der Waals surface area contributed by atoms with Crippen molar-refractivity contribution in [2.75, 3.05) is 49.5 Å². The van der Waals surface area contributed by atoms with Crippen molar-refractivity contribution in [2.24, 2.45) is 7.05 Å². The highest BCUT2D eigenvalue weighted by atomic mass is 19.4. The summed E-state index contributed by atoms with van der Waals surface area (Å²) in [4.78, 5) is 21.1. The number of hydrogen-bond donors (Lipinski definition) is 3. The molecule has 0 atom stereocenters. The van der Waals surface area contributed by atoms with Crippen molar-refractivity contribution in [3.05, 3.63) is 70.9 Å². The summed E-state index contributed by atoms with van der Waals surface area (Å²) in [6.07, 6.45) is 0.390. The van der Waals surface area contributed by atoms with Gasteiger partial charge in [-0.1, -0.05) is 0 Å². The number of aromatic nitrogens is 3. The van der Waals surface area contributed by atoms with Crippen LogP contribution in [-0.4, -0.2) is 59.8 Å². The molecule has 1 aliphatic heterocycles. The van der Waals surface area contributed by atoms with Crippen LogP contribution in [0.2, 0.25) is 0 Å². The van der Waals surface area contributed by atoms with Crippen LogP contribution >= 0.6 is 0 Å². The standard InChI is InChI=1S/C26H32F3N9O/c1-16-24(38-15-23(33-34-38)22-14-31-37(6)17(22)2)9-18(13-30-16)25(39)32-20-10-19(26(27,28)29)11-21(12-20)36(5)8-7-35(3)4/h9-15,33-34H,7-8H2,1-6H3,(H,32,39). The monoisotopic (exact) mass is 543 g/mol. The number of carbonyl (C=O) groups excluding carboxylic acids is 1. The highest BCUT2D eigenvalue weighted by Gasteiger charge is 2.32. The van der Waals surface area contributed by atoms with Crippen molar-refractivity contribution in [1.29, 1.82) is 0 Å². The van der Waals surface area contributed by atoms with Crippen LogP contribution in [0.4, 0.5) is 30.2 Å². The van der Waals surface area contributed by atoms with Gasteiger partial charge < -0.3 is 20.5 Å². The van der Waals surface area contributed by atoms with Crippen LogP contribution in [0.5, 0.6) is 0 Å². The number of hydrazine groups is 2. The molecule has 208 valence electrons. The van der Waals surface area contributed by atoms with Gasteiger partial charge in [0.05, 0.1) is 34.4 Å². The van der Waals surface area contributed by atoms with Gasteiger partial charge in [0.2, 0.25) is 0 Å². The highest BCUT2D eigenvalue weighted by Crippen LogP contribution is 2.34. The molecule has 0 unspecified atom stereocenters. The summed E-state index contributed by atoms with van der Waals surface area (Å²) >= 11 is 0. The van der Waals surface area contributed by atoms with E-state index in [-0.39, 0.29) is 11.3 Å². The Balaban J connectivity index is 1.58. The minimum Gasteiger partial charge on any atom is -0.373 e. The molecule has 0 saturated heterocycles. The van der Waals surface area contributed by atoms with Gasteiger partial charge in [-0.25, -0.2) is 0 Å². The highest BCUT2D eigenvalue weighted by molar-refractivity contribution is 6.05. The Morgan fingerprint density at radius 3 is 2.46 bits per heavy atom. The van der Waals surface area contributed by atoms with Crippen molar-refractivity contribution in [1.82, 2.24) is 30.6 Å². The molecule has 3 aromatic rings. The number of hydrogen-bond acceptors (Lipinski definition) is 8. The fraction of sp³-hybridized carbons (Fsp3) is 0.346. The molecule has 0 saturated carbocycles. The number of anilines is 3. The molecule has 0 radical (unpaired) electrons. The number of alkyl halides is 3. The molecule has 0 spiro atoms. The molecule has 10 nitrogen and oxygen atoms in total. The third kappa shape index (κ3) is 6.32. The molecule has 39 heavy (non-hydrogen) atoms. The first-order valence-corrected chi connectivity index (χ1v) is 12.2. The lowest BCUT2D eigenvalue weighted by Gasteiger charge is -2.23. The second-order valence-electron chi connectivity index (χ2n) is 9.69. The van der Waals surface area contributed by atoms with Crippen molar-refractivity contribution in [2.45, 2.75) is 20.0 Å². The average molecular weight is 544 g/mol. The van der Waals surface area contributed by atoms with Crippen molar-refractivity contribution >= 4 is 28.7 Å². The van der Waals surface area contributed by atoms with Crippen molar-refractivity contribution < 1.29 is 18.0 Å². The fourth-order valence-electron chi connectivity index (χ4n) is 3.98. The van der Waals surface area contributed by atoms with E-state index >= 15 is 0 Å². The molecule has 2 aromatic heterocycles. The first-order valence-electron chi connectivity index (χ1n) is 12.2. The van der Waals surface area contributed by atoms with E-state index in [1.807, 2.05) is 39.2 Å². The van der Waals surface area contributed by atoms with E-state index in [2.05, 4.69) is 26.4 Å². The number of pyridine rings is 1. The maximum absolute atomic E-state index is 13.7. The van der Waals surface area contributed by atoms with Gasteiger partial charge in [-0.3, -0.25) is 19.5 Å². The lowest BCUT2D eigenvalue weighted by atomic mass is 10.1. The number of aryl methyl sites for hydroxylation is 2. The Bertz CT molecular complexity index is 1400. The number of nitrogens with zero attached hydrogens (tertiary/aromatic N) is 6. The van der Waals surface area contributed by atoms with Crippen LogP contribution in [0.3, 0.4) is 0 Å². The summed E-state index contributed by atoms with van der Waals surface area (Å²) in [5, 5.41) is 8.56. The summed E-state index contributed by atoms with van der Waals surface area (Å²) in [6, 6.07) is 5.17. The van der Waals surface area contributed by atoms with Crippen LogP contribution < -0.4 is 26.2 Å². The normalized spacial score (nSPS) is 13.5. The zero-order chi connectivity index (χ0) is 28.5. The lowest BCUT2D eigenvalue weighted by Crippen LogP contribution is -2.36. The summed E-state index contributed by atoms with van der Waals surface area (Å²) in [5.41, 5.74) is 9.75. The lowest BCUT2D eigenvalue weighted by molar-refractivity contribution is -0.137.